The van der Waals surface area contributed by atoms with Crippen LogP contribution in [0.25, 0.3) is 0 Å². The van der Waals surface area contributed by atoms with Crippen molar-refractivity contribution in [2.75, 3.05) is 20.0 Å². The summed E-state index contributed by atoms with van der Waals surface area (Å²) in [5.74, 6) is 1.21. The molecule has 164 valence electrons. The molecule has 0 saturated heterocycles. The van der Waals surface area contributed by atoms with Crippen molar-refractivity contribution in [1.82, 2.24) is 0 Å². The minimum atomic E-state index is -0.755. The van der Waals surface area contributed by atoms with Gasteiger partial charge in [0.25, 0.3) is 5.69 Å². The first kappa shape index (κ1) is 25.1. The van der Waals surface area contributed by atoms with Crippen molar-refractivity contribution in [1.29, 1.82) is 0 Å². The summed E-state index contributed by atoms with van der Waals surface area (Å²) >= 11 is 4.20. The molecule has 0 aliphatic rings. The van der Waals surface area contributed by atoms with Crippen LogP contribution in [0.15, 0.2) is 12.1 Å². The van der Waals surface area contributed by atoms with Gasteiger partial charge in [0, 0.05) is 6.42 Å². The molecule has 0 N–H and O–H groups in total. The number of nitro groups is 1. The molecule has 0 aromatic heterocycles. The van der Waals surface area contributed by atoms with E-state index in [0.29, 0.717) is 12.2 Å². The Hall–Kier alpha value is -1.96. The van der Waals surface area contributed by atoms with Gasteiger partial charge in [0.15, 0.2) is 11.5 Å². The van der Waals surface area contributed by atoms with Crippen molar-refractivity contribution < 1.29 is 23.9 Å². The van der Waals surface area contributed by atoms with Crippen LogP contribution in [0.5, 0.6) is 11.5 Å². The minimum Gasteiger partial charge on any atom is -0.493 e. The molecular formula is C21H33NO6S. The number of nitrogens with zero attached hydrogens (tertiary/aromatic N) is 1. The van der Waals surface area contributed by atoms with Gasteiger partial charge in [-0.2, -0.15) is 12.6 Å². The van der Waals surface area contributed by atoms with Crippen molar-refractivity contribution >= 4 is 24.3 Å². The van der Waals surface area contributed by atoms with Crippen molar-refractivity contribution in [3.05, 3.63) is 27.8 Å². The molecule has 0 amide bonds. The molecule has 0 spiro atoms. The molecule has 1 unspecified atom stereocenters. The van der Waals surface area contributed by atoms with Gasteiger partial charge in [-0.05, 0) is 31.6 Å². The topological polar surface area (TPSA) is 87.9 Å². The van der Waals surface area contributed by atoms with Crippen LogP contribution in [0.1, 0.15) is 76.4 Å². The fourth-order valence-electron chi connectivity index (χ4n) is 3.13. The molecule has 0 saturated carbocycles. The molecule has 1 rings (SSSR count). The largest absolute Gasteiger partial charge is 0.493 e. The van der Waals surface area contributed by atoms with E-state index >= 15 is 0 Å². The number of hydrogen-bond acceptors (Lipinski definition) is 7. The van der Waals surface area contributed by atoms with Gasteiger partial charge >= 0.3 is 5.97 Å². The Kier molecular flexibility index (Phi) is 12.2. The standard InChI is InChI=1S/C21H33NO6S/c1-16(17-14-19(26-2)20(27-3)15-18(17)22(24)25)28-21(23)12-10-8-6-4-5-7-9-11-13-29/h14-16,29H,4-13H2,1-3H3. The average Bonchev–Trinajstić information content (AvgIpc) is 2.71. The lowest BCUT2D eigenvalue weighted by atomic mass is 10.1. The van der Waals surface area contributed by atoms with Crippen LogP contribution in [-0.4, -0.2) is 30.9 Å². The number of thiol groups is 1. The molecule has 0 aliphatic heterocycles. The fraction of sp³-hybridized carbons (Fsp3) is 0.667. The summed E-state index contributed by atoms with van der Waals surface area (Å²) in [7, 11) is 2.86. The second-order valence-electron chi connectivity index (χ2n) is 6.96. The third kappa shape index (κ3) is 8.94. The molecule has 0 radical (unpaired) electrons. The van der Waals surface area contributed by atoms with E-state index in [9.17, 15) is 14.9 Å². The Morgan fingerprint density at radius 3 is 2.03 bits per heavy atom. The second-order valence-corrected chi connectivity index (χ2v) is 7.40. The molecule has 1 aromatic carbocycles. The summed E-state index contributed by atoms with van der Waals surface area (Å²) in [6.45, 7) is 1.62. The van der Waals surface area contributed by atoms with E-state index in [4.69, 9.17) is 14.2 Å². The van der Waals surface area contributed by atoms with Crippen LogP contribution < -0.4 is 9.47 Å². The van der Waals surface area contributed by atoms with Crippen LogP contribution >= 0.6 is 12.6 Å². The van der Waals surface area contributed by atoms with E-state index in [1.165, 1.54) is 58.5 Å². The molecule has 29 heavy (non-hydrogen) atoms. The van der Waals surface area contributed by atoms with Gasteiger partial charge in [-0.15, -0.1) is 0 Å². The van der Waals surface area contributed by atoms with Crippen molar-refractivity contribution in [2.24, 2.45) is 0 Å². The molecular weight excluding hydrogens is 394 g/mol. The van der Waals surface area contributed by atoms with E-state index in [1.807, 2.05) is 0 Å². The molecule has 0 bridgehead atoms. The lowest BCUT2D eigenvalue weighted by molar-refractivity contribution is -0.386. The van der Waals surface area contributed by atoms with Crippen LogP contribution in [0, 0.1) is 10.1 Å². The number of carbonyl (C=O) groups is 1. The van der Waals surface area contributed by atoms with Gasteiger partial charge < -0.3 is 14.2 Å². The predicted octanol–water partition coefficient (Wildman–Crippen LogP) is 5.66. The fourth-order valence-corrected chi connectivity index (χ4v) is 3.35. The van der Waals surface area contributed by atoms with E-state index in [0.717, 1.165) is 25.0 Å². The smallest absolute Gasteiger partial charge is 0.306 e. The minimum absolute atomic E-state index is 0.166. The molecule has 0 heterocycles. The number of benzene rings is 1. The number of unbranched alkanes of at least 4 members (excludes halogenated alkanes) is 7. The lowest BCUT2D eigenvalue weighted by Crippen LogP contribution is -2.11. The summed E-state index contributed by atoms with van der Waals surface area (Å²) in [5.41, 5.74) is 0.114. The SMILES string of the molecule is COc1cc(C(C)OC(=O)CCCCCCCCCCS)c([N+](=O)[O-])cc1OC. The Morgan fingerprint density at radius 1 is 1.00 bits per heavy atom. The number of carbonyl (C=O) groups excluding carboxylic acids is 1. The average molecular weight is 428 g/mol. The highest BCUT2D eigenvalue weighted by atomic mass is 32.1. The Labute approximate surface area is 178 Å². The first-order chi connectivity index (χ1) is 13.9. The summed E-state index contributed by atoms with van der Waals surface area (Å²) in [4.78, 5) is 23.0. The maximum absolute atomic E-state index is 12.1. The van der Waals surface area contributed by atoms with E-state index in [1.54, 1.807) is 6.92 Å². The molecule has 7 nitrogen and oxygen atoms in total. The normalized spacial score (nSPS) is 11.7. The van der Waals surface area contributed by atoms with Gasteiger partial charge in [0.2, 0.25) is 0 Å². The Balaban J connectivity index is 2.49. The zero-order valence-electron chi connectivity index (χ0n) is 17.6. The van der Waals surface area contributed by atoms with Gasteiger partial charge in [-0.25, -0.2) is 0 Å². The van der Waals surface area contributed by atoms with Crippen LogP contribution in [0.4, 0.5) is 5.69 Å². The molecule has 1 atom stereocenters. The highest BCUT2D eigenvalue weighted by molar-refractivity contribution is 7.80. The summed E-state index contributed by atoms with van der Waals surface area (Å²) in [6.07, 6.45) is 8.44. The highest BCUT2D eigenvalue weighted by Gasteiger charge is 2.25. The third-order valence-corrected chi connectivity index (χ3v) is 5.08. The molecule has 0 fully saturated rings. The predicted molar refractivity (Wildman–Crippen MR) is 116 cm³/mol. The van der Waals surface area contributed by atoms with Crippen LogP contribution in [-0.2, 0) is 9.53 Å². The van der Waals surface area contributed by atoms with Gasteiger partial charge in [0.05, 0.1) is 30.8 Å². The number of esters is 1. The van der Waals surface area contributed by atoms with Crippen LogP contribution in [0.3, 0.4) is 0 Å². The number of rotatable bonds is 15. The molecule has 8 heteroatoms. The maximum atomic E-state index is 12.1. The van der Waals surface area contributed by atoms with Gasteiger partial charge in [-0.1, -0.05) is 38.5 Å². The van der Waals surface area contributed by atoms with Gasteiger partial charge in [0.1, 0.15) is 6.10 Å². The number of methoxy groups -OCH3 is 2. The Morgan fingerprint density at radius 2 is 1.52 bits per heavy atom. The first-order valence-corrected chi connectivity index (χ1v) is 10.8. The van der Waals surface area contributed by atoms with Crippen molar-refractivity contribution in [3.63, 3.8) is 0 Å². The third-order valence-electron chi connectivity index (χ3n) is 4.76. The molecule has 0 aliphatic carbocycles. The van der Waals surface area contributed by atoms with Crippen molar-refractivity contribution in [3.8, 4) is 11.5 Å². The first-order valence-electron chi connectivity index (χ1n) is 10.1. The zero-order chi connectivity index (χ0) is 21.6. The van der Waals surface area contributed by atoms with E-state index < -0.39 is 11.0 Å². The lowest BCUT2D eigenvalue weighted by Gasteiger charge is -2.16. The zero-order valence-corrected chi connectivity index (χ0v) is 18.5. The monoisotopic (exact) mass is 427 g/mol. The summed E-state index contributed by atoms with van der Waals surface area (Å²) < 4.78 is 15.7. The summed E-state index contributed by atoms with van der Waals surface area (Å²) in [6, 6.07) is 2.78. The van der Waals surface area contributed by atoms with Crippen LogP contribution in [0.2, 0.25) is 0 Å². The Bertz CT molecular complexity index is 652. The summed E-state index contributed by atoms with van der Waals surface area (Å²) in [5, 5.41) is 11.4. The van der Waals surface area contributed by atoms with Crippen molar-refractivity contribution in [2.45, 2.75) is 70.8 Å². The number of hydrogen-bond donors (Lipinski definition) is 1. The number of ether oxygens (including phenoxy) is 3. The van der Waals surface area contributed by atoms with E-state index in [-0.39, 0.29) is 23.0 Å². The van der Waals surface area contributed by atoms with E-state index in [2.05, 4.69) is 12.6 Å². The number of nitro benzene ring substituents is 1. The quantitative estimate of drug-likeness (QED) is 0.128. The molecule has 1 aromatic rings. The second kappa shape index (κ2) is 14.1. The maximum Gasteiger partial charge on any atom is 0.306 e. The van der Waals surface area contributed by atoms with Gasteiger partial charge in [-0.3, -0.25) is 14.9 Å². The highest BCUT2D eigenvalue weighted by Crippen LogP contribution is 2.38.